The molecule has 1 saturated carbocycles. The highest BCUT2D eigenvalue weighted by molar-refractivity contribution is 6.29. The second-order valence-electron chi connectivity index (χ2n) is 5.17. The van der Waals surface area contributed by atoms with Crippen molar-refractivity contribution < 1.29 is 13.2 Å². The summed E-state index contributed by atoms with van der Waals surface area (Å²) in [4.78, 5) is 3.92. The first-order valence-corrected chi connectivity index (χ1v) is 6.73. The lowest BCUT2D eigenvalue weighted by molar-refractivity contribution is -0.137. The van der Waals surface area contributed by atoms with Gasteiger partial charge in [0.25, 0.3) is 0 Å². The third-order valence-electron chi connectivity index (χ3n) is 3.41. The summed E-state index contributed by atoms with van der Waals surface area (Å²) in [5, 5.41) is 2.93. The van der Waals surface area contributed by atoms with Gasteiger partial charge in [0, 0.05) is 6.04 Å². The van der Waals surface area contributed by atoms with Crippen LogP contribution in [0.4, 0.5) is 19.0 Å². The maximum absolute atomic E-state index is 12.7. The van der Waals surface area contributed by atoms with Gasteiger partial charge in [-0.05, 0) is 30.9 Å². The maximum Gasteiger partial charge on any atom is 0.416 e. The largest absolute Gasteiger partial charge is 0.416 e. The molecule has 106 valence electrons. The van der Waals surface area contributed by atoms with Gasteiger partial charge < -0.3 is 5.32 Å². The summed E-state index contributed by atoms with van der Waals surface area (Å²) in [6.07, 6.45) is -0.223. The molecule has 1 N–H and O–H groups in total. The summed E-state index contributed by atoms with van der Waals surface area (Å²) in [5.41, 5.74) is -0.765. The zero-order chi connectivity index (χ0) is 14.0. The Morgan fingerprint density at radius 1 is 1.32 bits per heavy atom. The zero-order valence-corrected chi connectivity index (χ0v) is 11.4. The van der Waals surface area contributed by atoms with Gasteiger partial charge in [-0.15, -0.1) is 0 Å². The number of anilines is 1. The number of halogens is 4. The molecule has 2 atom stereocenters. The monoisotopic (exact) mass is 292 g/mol. The molecule has 1 aromatic heterocycles. The summed E-state index contributed by atoms with van der Waals surface area (Å²) in [6.45, 7) is 2.15. The second kappa shape index (κ2) is 5.57. The quantitative estimate of drug-likeness (QED) is 0.796. The molecule has 1 aliphatic carbocycles. The highest BCUT2D eigenvalue weighted by Crippen LogP contribution is 2.33. The molecule has 6 heteroatoms. The smallest absolute Gasteiger partial charge is 0.367 e. The minimum Gasteiger partial charge on any atom is -0.367 e. The van der Waals surface area contributed by atoms with E-state index >= 15 is 0 Å². The molecule has 0 radical (unpaired) electrons. The van der Waals surface area contributed by atoms with Crippen LogP contribution < -0.4 is 5.32 Å². The minimum absolute atomic E-state index is 0.138. The van der Waals surface area contributed by atoms with Crippen LogP contribution in [-0.4, -0.2) is 11.0 Å². The Morgan fingerprint density at radius 2 is 2.05 bits per heavy atom. The number of nitrogens with one attached hydrogen (secondary N) is 1. The Hall–Kier alpha value is -0.970. The summed E-state index contributed by atoms with van der Waals surface area (Å²) < 4.78 is 38.0. The van der Waals surface area contributed by atoms with Crippen molar-refractivity contribution >= 4 is 17.4 Å². The number of rotatable bonds is 2. The molecule has 1 fully saturated rings. The molecular formula is C13H16ClF3N2. The van der Waals surface area contributed by atoms with Gasteiger partial charge in [-0.1, -0.05) is 31.4 Å². The fourth-order valence-corrected chi connectivity index (χ4v) is 2.72. The average Bonchev–Trinajstić information content (AvgIpc) is 2.26. The highest BCUT2D eigenvalue weighted by Gasteiger charge is 2.32. The van der Waals surface area contributed by atoms with Gasteiger partial charge in [0.1, 0.15) is 11.0 Å². The van der Waals surface area contributed by atoms with Crippen LogP contribution in [0.25, 0.3) is 0 Å². The number of nitrogens with zero attached hydrogens (tertiary/aromatic N) is 1. The molecule has 0 aromatic carbocycles. The van der Waals surface area contributed by atoms with Gasteiger partial charge in [-0.25, -0.2) is 4.98 Å². The normalized spacial score (nSPS) is 24.3. The number of hydrogen-bond acceptors (Lipinski definition) is 2. The molecule has 0 aliphatic heterocycles. The van der Waals surface area contributed by atoms with Crippen LogP contribution in [-0.2, 0) is 6.18 Å². The molecule has 0 amide bonds. The Kier molecular flexibility index (Phi) is 4.23. The summed E-state index contributed by atoms with van der Waals surface area (Å²) >= 11 is 5.65. The van der Waals surface area contributed by atoms with Crippen molar-refractivity contribution in [1.82, 2.24) is 4.98 Å². The first-order valence-electron chi connectivity index (χ1n) is 6.36. The third-order valence-corrected chi connectivity index (χ3v) is 3.60. The fraction of sp³-hybridized carbons (Fsp3) is 0.615. The van der Waals surface area contributed by atoms with Crippen molar-refractivity contribution in [3.63, 3.8) is 0 Å². The van der Waals surface area contributed by atoms with Crippen LogP contribution >= 0.6 is 11.6 Å². The van der Waals surface area contributed by atoms with Gasteiger partial charge in [-0.3, -0.25) is 0 Å². The molecule has 2 nitrogen and oxygen atoms in total. The van der Waals surface area contributed by atoms with Crippen LogP contribution in [0.5, 0.6) is 0 Å². The predicted octanol–water partition coefficient (Wildman–Crippen LogP) is 4.74. The molecule has 0 bridgehead atoms. The molecule has 0 saturated heterocycles. The molecule has 2 rings (SSSR count). The number of pyridine rings is 1. The van der Waals surface area contributed by atoms with Gasteiger partial charge in [0.2, 0.25) is 0 Å². The van der Waals surface area contributed by atoms with Crippen LogP contribution in [0.15, 0.2) is 12.1 Å². The van der Waals surface area contributed by atoms with Crippen molar-refractivity contribution in [3.05, 3.63) is 22.8 Å². The van der Waals surface area contributed by atoms with E-state index in [1.165, 1.54) is 6.42 Å². The SMILES string of the molecule is CC1CCCC(Nc2cc(C(F)(F)F)cc(Cl)n2)C1. The Bertz CT molecular complexity index is 448. The van der Waals surface area contributed by atoms with Crippen molar-refractivity contribution in [1.29, 1.82) is 0 Å². The van der Waals surface area contributed by atoms with E-state index in [1.807, 2.05) is 0 Å². The van der Waals surface area contributed by atoms with Gasteiger partial charge in [0.15, 0.2) is 0 Å². The van der Waals surface area contributed by atoms with Crippen molar-refractivity contribution in [2.45, 2.75) is 44.8 Å². The third kappa shape index (κ3) is 4.00. The van der Waals surface area contributed by atoms with Crippen LogP contribution in [0, 0.1) is 5.92 Å². The molecule has 0 spiro atoms. The Morgan fingerprint density at radius 3 is 2.68 bits per heavy atom. The van der Waals surface area contributed by atoms with E-state index in [2.05, 4.69) is 17.2 Å². The van der Waals surface area contributed by atoms with E-state index in [0.717, 1.165) is 31.4 Å². The molecule has 1 aliphatic rings. The number of alkyl halides is 3. The minimum atomic E-state index is -4.40. The highest BCUT2D eigenvalue weighted by atomic mass is 35.5. The summed E-state index contributed by atoms with van der Waals surface area (Å²) in [5.74, 6) is 0.798. The lowest BCUT2D eigenvalue weighted by Crippen LogP contribution is -2.26. The van der Waals surface area contributed by atoms with Gasteiger partial charge >= 0.3 is 6.18 Å². The molecule has 1 heterocycles. The first kappa shape index (κ1) is 14.4. The topological polar surface area (TPSA) is 24.9 Å². The van der Waals surface area contributed by atoms with E-state index in [-0.39, 0.29) is 17.0 Å². The van der Waals surface area contributed by atoms with Crippen molar-refractivity contribution in [2.24, 2.45) is 5.92 Å². The molecular weight excluding hydrogens is 277 g/mol. The lowest BCUT2D eigenvalue weighted by atomic mass is 9.87. The maximum atomic E-state index is 12.7. The van der Waals surface area contributed by atoms with Crippen LogP contribution in [0.3, 0.4) is 0 Å². The Labute approximate surface area is 115 Å². The van der Waals surface area contributed by atoms with Crippen molar-refractivity contribution in [2.75, 3.05) is 5.32 Å². The van der Waals surface area contributed by atoms with Crippen molar-refractivity contribution in [3.8, 4) is 0 Å². The summed E-state index contributed by atoms with van der Waals surface area (Å²) in [6, 6.07) is 2.04. The van der Waals surface area contributed by atoms with Crippen LogP contribution in [0.1, 0.15) is 38.2 Å². The second-order valence-corrected chi connectivity index (χ2v) is 5.56. The molecule has 19 heavy (non-hydrogen) atoms. The lowest BCUT2D eigenvalue weighted by Gasteiger charge is -2.28. The van der Waals surface area contributed by atoms with E-state index in [0.29, 0.717) is 5.92 Å². The average molecular weight is 293 g/mol. The van der Waals surface area contributed by atoms with E-state index in [1.54, 1.807) is 0 Å². The van der Waals surface area contributed by atoms with Crippen LogP contribution in [0.2, 0.25) is 5.15 Å². The first-order chi connectivity index (χ1) is 8.84. The standard InChI is InChI=1S/C13H16ClF3N2/c1-8-3-2-4-10(5-8)18-12-7-9(13(15,16)17)6-11(14)19-12/h6-8,10H,2-5H2,1H3,(H,18,19). The van der Waals surface area contributed by atoms with Gasteiger partial charge in [0.05, 0.1) is 5.56 Å². The Balaban J connectivity index is 2.14. The fourth-order valence-electron chi connectivity index (χ4n) is 2.51. The van der Waals surface area contributed by atoms with E-state index in [9.17, 15) is 13.2 Å². The van der Waals surface area contributed by atoms with Gasteiger partial charge in [-0.2, -0.15) is 13.2 Å². The van der Waals surface area contributed by atoms with E-state index in [4.69, 9.17) is 11.6 Å². The predicted molar refractivity (Wildman–Crippen MR) is 69.3 cm³/mol. The molecule has 1 aromatic rings. The zero-order valence-electron chi connectivity index (χ0n) is 10.6. The summed E-state index contributed by atoms with van der Waals surface area (Å²) in [7, 11) is 0. The number of aromatic nitrogens is 1. The molecule has 2 unspecified atom stereocenters. The van der Waals surface area contributed by atoms with E-state index < -0.39 is 11.7 Å². The number of hydrogen-bond donors (Lipinski definition) is 1.